The molecule has 11 heteroatoms. The number of aldehydes is 1. The Kier molecular flexibility index (Phi) is 15.3. The molecule has 5 unspecified atom stereocenters. The molecule has 40 heavy (non-hydrogen) atoms. The zero-order chi connectivity index (χ0) is 29.5. The molecule has 0 bridgehead atoms. The summed E-state index contributed by atoms with van der Waals surface area (Å²) in [5.74, 6) is 0.803. The molecule has 9 nitrogen and oxygen atoms in total. The summed E-state index contributed by atoms with van der Waals surface area (Å²) in [6, 6.07) is 9.92. The van der Waals surface area contributed by atoms with E-state index in [1.54, 1.807) is 6.92 Å². The van der Waals surface area contributed by atoms with Crippen molar-refractivity contribution in [3.05, 3.63) is 60.6 Å². The zero-order valence-corrected chi connectivity index (χ0v) is 26.0. The van der Waals surface area contributed by atoms with Crippen molar-refractivity contribution >= 4 is 37.4 Å². The second-order valence-electron chi connectivity index (χ2n) is 10.0. The van der Waals surface area contributed by atoms with E-state index < -0.39 is 13.9 Å². The SMILES string of the molecule is C=C1N=C(C)C=CN1C(C)OC(COP(NCc1ccccc1)OCCSC(=O)C(C)(CC)CO)CC(C)C=O. The summed E-state index contributed by atoms with van der Waals surface area (Å²) in [5.41, 5.74) is 1.19. The molecule has 5 atom stereocenters. The van der Waals surface area contributed by atoms with Crippen molar-refractivity contribution in [2.45, 2.75) is 66.3 Å². The third-order valence-electron chi connectivity index (χ3n) is 6.51. The largest absolute Gasteiger partial charge is 0.395 e. The maximum atomic E-state index is 12.5. The van der Waals surface area contributed by atoms with Crippen molar-refractivity contribution < 1.29 is 28.5 Å². The summed E-state index contributed by atoms with van der Waals surface area (Å²) in [6.45, 7) is 14.2. The molecule has 0 amide bonds. The van der Waals surface area contributed by atoms with Crippen LogP contribution in [0.3, 0.4) is 0 Å². The number of benzene rings is 1. The predicted molar refractivity (Wildman–Crippen MR) is 162 cm³/mol. The highest BCUT2D eigenvalue weighted by molar-refractivity contribution is 8.13. The standard InChI is InChI=1S/C29H44N3O6PS/c1-7-29(6,21-34)28(35)40-16-15-36-39(30-18-26-11-9-8-10-12-26)37-20-27(17-22(2)19-33)38-25(5)32-14-13-23(3)31-24(32)4/h8-14,19,22,25,27,30,34H,4,7,15-18,20-21H2,1-3,5-6H3. The topological polar surface area (TPSA) is 110 Å². The first-order chi connectivity index (χ1) is 19.1. The zero-order valence-electron chi connectivity index (χ0n) is 24.2. The highest BCUT2D eigenvalue weighted by atomic mass is 32.2. The Bertz CT molecular complexity index is 1000. The van der Waals surface area contributed by atoms with E-state index in [0.29, 0.717) is 31.0 Å². The van der Waals surface area contributed by atoms with E-state index in [0.717, 1.165) is 29.3 Å². The van der Waals surface area contributed by atoms with Gasteiger partial charge in [0.2, 0.25) is 0 Å². The third kappa shape index (κ3) is 11.5. The maximum absolute atomic E-state index is 12.5. The first-order valence-corrected chi connectivity index (χ1v) is 15.7. The molecule has 222 valence electrons. The van der Waals surface area contributed by atoms with Gasteiger partial charge in [-0.05, 0) is 45.3 Å². The van der Waals surface area contributed by atoms with E-state index in [-0.39, 0.29) is 43.2 Å². The minimum absolute atomic E-state index is 0.0539. The molecule has 0 aliphatic carbocycles. The first-order valence-electron chi connectivity index (χ1n) is 13.5. The maximum Gasteiger partial charge on any atom is 0.256 e. The van der Waals surface area contributed by atoms with Crippen molar-refractivity contribution in [1.82, 2.24) is 9.99 Å². The molecule has 0 radical (unpaired) electrons. The smallest absolute Gasteiger partial charge is 0.256 e. The molecule has 0 fully saturated rings. The summed E-state index contributed by atoms with van der Waals surface area (Å²) in [4.78, 5) is 30.2. The van der Waals surface area contributed by atoms with E-state index in [4.69, 9.17) is 13.8 Å². The number of nitrogens with zero attached hydrogens (tertiary/aromatic N) is 2. The van der Waals surface area contributed by atoms with Gasteiger partial charge in [0.15, 0.2) is 5.12 Å². The van der Waals surface area contributed by atoms with Gasteiger partial charge in [0.05, 0.1) is 31.3 Å². The lowest BCUT2D eigenvalue weighted by Gasteiger charge is -2.33. The second kappa shape index (κ2) is 17.8. The van der Waals surface area contributed by atoms with E-state index in [1.807, 2.05) is 75.2 Å². The quantitative estimate of drug-likeness (QED) is 0.123. The van der Waals surface area contributed by atoms with E-state index >= 15 is 0 Å². The van der Waals surface area contributed by atoms with Gasteiger partial charge in [0.1, 0.15) is 18.3 Å². The Balaban J connectivity index is 2.01. The average molecular weight is 594 g/mol. The van der Waals surface area contributed by atoms with Crippen LogP contribution in [0.15, 0.2) is 60.0 Å². The fourth-order valence-electron chi connectivity index (χ4n) is 3.66. The van der Waals surface area contributed by atoms with Crippen molar-refractivity contribution in [3.8, 4) is 0 Å². The number of hydrogen-bond acceptors (Lipinski definition) is 10. The van der Waals surface area contributed by atoms with Crippen LogP contribution >= 0.6 is 20.3 Å². The lowest BCUT2D eigenvalue weighted by Crippen LogP contribution is -2.36. The Morgan fingerprint density at radius 1 is 1.30 bits per heavy atom. The number of thioether (sulfide) groups is 1. The van der Waals surface area contributed by atoms with E-state index in [9.17, 15) is 14.7 Å². The van der Waals surface area contributed by atoms with E-state index in [2.05, 4.69) is 16.7 Å². The van der Waals surface area contributed by atoms with Crippen molar-refractivity contribution in [2.75, 3.05) is 25.6 Å². The number of aliphatic imine (C=N–C) groups is 1. The van der Waals surface area contributed by atoms with Crippen LogP contribution in [0.4, 0.5) is 0 Å². The number of ether oxygens (including phenoxy) is 1. The summed E-state index contributed by atoms with van der Waals surface area (Å²) >= 11 is 1.16. The van der Waals surface area contributed by atoms with Crippen LogP contribution in [0.1, 0.15) is 53.0 Å². The summed E-state index contributed by atoms with van der Waals surface area (Å²) in [5, 5.41) is 12.9. The first kappa shape index (κ1) is 34.3. The average Bonchev–Trinajstić information content (AvgIpc) is 2.95. The van der Waals surface area contributed by atoms with Gasteiger partial charge in [0.25, 0.3) is 8.53 Å². The Hall–Kier alpha value is -1.91. The van der Waals surface area contributed by atoms with Gasteiger partial charge < -0.3 is 28.6 Å². The summed E-state index contributed by atoms with van der Waals surface area (Å²) < 4.78 is 18.5. The van der Waals surface area contributed by atoms with Crippen LogP contribution in [0.5, 0.6) is 0 Å². The second-order valence-corrected chi connectivity index (χ2v) is 12.4. The fourth-order valence-corrected chi connectivity index (χ4v) is 5.82. The predicted octanol–water partition coefficient (Wildman–Crippen LogP) is 5.42. The number of carbonyl (C=O) groups is 2. The molecule has 1 heterocycles. The Morgan fingerprint density at radius 2 is 2.02 bits per heavy atom. The van der Waals surface area contributed by atoms with Crippen molar-refractivity contribution in [1.29, 1.82) is 0 Å². The molecule has 1 aliphatic heterocycles. The van der Waals surface area contributed by atoms with Gasteiger partial charge in [0, 0.05) is 30.1 Å². The highest BCUT2D eigenvalue weighted by Gasteiger charge is 2.30. The molecule has 2 N–H and O–H groups in total. The third-order valence-corrected chi connectivity index (χ3v) is 8.85. The van der Waals surface area contributed by atoms with Gasteiger partial charge in [-0.2, -0.15) is 0 Å². The van der Waals surface area contributed by atoms with Gasteiger partial charge >= 0.3 is 0 Å². The number of hydrogen-bond donors (Lipinski definition) is 2. The molecule has 2 rings (SSSR count). The molecule has 0 spiro atoms. The number of allylic oxidation sites excluding steroid dienone is 1. The van der Waals surface area contributed by atoms with Gasteiger partial charge in [-0.15, -0.1) is 0 Å². The lowest BCUT2D eigenvalue weighted by molar-refractivity contribution is -0.121. The van der Waals surface area contributed by atoms with Gasteiger partial charge in [-0.3, -0.25) is 4.79 Å². The minimum atomic E-state index is -1.53. The van der Waals surface area contributed by atoms with Crippen LogP contribution in [0.2, 0.25) is 0 Å². The number of nitrogens with one attached hydrogen (secondary N) is 1. The van der Waals surface area contributed by atoms with Crippen LogP contribution in [0.25, 0.3) is 0 Å². The van der Waals surface area contributed by atoms with Crippen molar-refractivity contribution in [2.24, 2.45) is 16.3 Å². The number of carbonyl (C=O) groups excluding carboxylic acids is 2. The monoisotopic (exact) mass is 593 g/mol. The Labute approximate surface area is 244 Å². The summed E-state index contributed by atoms with van der Waals surface area (Å²) in [6.07, 6.45) is 4.96. The molecule has 0 saturated carbocycles. The highest BCUT2D eigenvalue weighted by Crippen LogP contribution is 2.36. The number of aliphatic hydroxyl groups excluding tert-OH is 1. The van der Waals surface area contributed by atoms with Crippen LogP contribution in [-0.4, -0.2) is 65.0 Å². The number of rotatable bonds is 19. The fraction of sp³-hybridized carbons (Fsp3) is 0.552. The molecule has 1 aliphatic rings. The number of aliphatic hydroxyl groups is 1. The van der Waals surface area contributed by atoms with Crippen LogP contribution < -0.4 is 5.09 Å². The van der Waals surface area contributed by atoms with Crippen molar-refractivity contribution in [3.63, 3.8) is 0 Å². The van der Waals surface area contributed by atoms with Gasteiger partial charge in [-0.25, -0.2) is 10.1 Å². The molecular formula is C29H44N3O6PS. The normalized spacial score (nSPS) is 18.0. The van der Waals surface area contributed by atoms with E-state index in [1.165, 1.54) is 0 Å². The Morgan fingerprint density at radius 3 is 2.65 bits per heavy atom. The molecular weight excluding hydrogens is 549 g/mol. The molecule has 1 aromatic rings. The molecule has 0 saturated heterocycles. The van der Waals surface area contributed by atoms with Crippen LogP contribution in [0, 0.1) is 11.3 Å². The van der Waals surface area contributed by atoms with Gasteiger partial charge in [-0.1, -0.05) is 62.5 Å². The minimum Gasteiger partial charge on any atom is -0.395 e. The van der Waals surface area contributed by atoms with Crippen LogP contribution in [-0.2, 0) is 29.9 Å². The lowest BCUT2D eigenvalue weighted by atomic mass is 9.91. The molecule has 0 aromatic heterocycles. The molecule has 1 aromatic carbocycles. The summed E-state index contributed by atoms with van der Waals surface area (Å²) in [7, 11) is -1.53.